The van der Waals surface area contributed by atoms with Crippen LogP contribution in [-0.2, 0) is 0 Å². The second-order valence-corrected chi connectivity index (χ2v) is 12.9. The molecule has 10 rings (SSSR count). The standard InChI is InChI=1S/C48H30N2/c1-3-13-33(14-4-1)47-48(34-15-5-2-6-16-34)50-44(30-49-47)32-27-25-31(26-28-32)43-29-35-17-11-22-40-38-20-9-7-18-36(38)37-19-8-10-21-39(37)41-23-12-24-42(43)46(41)45(35)40/h1-30H. The van der Waals surface area contributed by atoms with Crippen molar-refractivity contribution in [1.29, 1.82) is 0 Å². The normalized spacial score (nSPS) is 11.6. The lowest BCUT2D eigenvalue weighted by atomic mass is 9.87. The van der Waals surface area contributed by atoms with Crippen molar-refractivity contribution >= 4 is 53.9 Å². The van der Waals surface area contributed by atoms with Gasteiger partial charge in [-0.05, 0) is 71.1 Å². The fourth-order valence-electron chi connectivity index (χ4n) is 7.80. The summed E-state index contributed by atoms with van der Waals surface area (Å²) < 4.78 is 0. The number of hydrogen-bond donors (Lipinski definition) is 0. The van der Waals surface area contributed by atoms with Crippen LogP contribution in [0.5, 0.6) is 0 Å². The van der Waals surface area contributed by atoms with E-state index in [9.17, 15) is 0 Å². The predicted molar refractivity (Wildman–Crippen MR) is 211 cm³/mol. The maximum absolute atomic E-state index is 5.21. The lowest BCUT2D eigenvalue weighted by molar-refractivity contribution is 1.21. The Morgan fingerprint density at radius 2 is 0.800 bits per heavy atom. The SMILES string of the molecule is c1ccc(-c2ncc(-c3ccc(-c4cc5cccc6c7ccccc7c7ccccc7c7cccc4c7c56)cc3)nc2-c2ccccc2)cc1. The molecule has 0 amide bonds. The van der Waals surface area contributed by atoms with Crippen molar-refractivity contribution in [3.63, 3.8) is 0 Å². The fraction of sp³-hybridized carbons (Fsp3) is 0. The van der Waals surface area contributed by atoms with E-state index in [0.717, 1.165) is 33.8 Å². The maximum atomic E-state index is 5.21. The van der Waals surface area contributed by atoms with Gasteiger partial charge in [-0.2, -0.15) is 0 Å². The van der Waals surface area contributed by atoms with E-state index in [1.807, 2.05) is 30.5 Å². The molecule has 0 saturated carbocycles. The van der Waals surface area contributed by atoms with Crippen molar-refractivity contribution in [1.82, 2.24) is 9.97 Å². The van der Waals surface area contributed by atoms with Crippen LogP contribution in [0.25, 0.3) is 98.8 Å². The minimum atomic E-state index is 0.850. The Bertz CT molecular complexity index is 2890. The minimum absolute atomic E-state index is 0.850. The van der Waals surface area contributed by atoms with E-state index >= 15 is 0 Å². The molecule has 0 spiro atoms. The summed E-state index contributed by atoms with van der Waals surface area (Å²) in [6, 6.07) is 63.1. The minimum Gasteiger partial charge on any atom is -0.252 e. The van der Waals surface area contributed by atoms with Crippen molar-refractivity contribution in [2.24, 2.45) is 0 Å². The van der Waals surface area contributed by atoms with Crippen molar-refractivity contribution < 1.29 is 0 Å². The molecule has 50 heavy (non-hydrogen) atoms. The largest absolute Gasteiger partial charge is 0.252 e. The summed E-state index contributed by atoms with van der Waals surface area (Å²) in [6.45, 7) is 0. The summed E-state index contributed by atoms with van der Waals surface area (Å²) in [5.74, 6) is 0. The average Bonchev–Trinajstić information content (AvgIpc) is 3.20. The molecule has 0 saturated heterocycles. The van der Waals surface area contributed by atoms with Gasteiger partial charge in [0.1, 0.15) is 0 Å². The predicted octanol–water partition coefficient (Wildman–Crippen LogP) is 12.9. The van der Waals surface area contributed by atoms with Crippen LogP contribution < -0.4 is 0 Å². The molecule has 0 aliphatic heterocycles. The van der Waals surface area contributed by atoms with Gasteiger partial charge in [-0.3, -0.25) is 4.98 Å². The molecule has 232 valence electrons. The highest BCUT2D eigenvalue weighted by Gasteiger charge is 2.17. The van der Waals surface area contributed by atoms with Gasteiger partial charge in [0, 0.05) is 16.7 Å². The number of rotatable bonds is 4. The number of nitrogens with zero attached hydrogens (tertiary/aromatic N) is 2. The van der Waals surface area contributed by atoms with Crippen LogP contribution in [-0.4, -0.2) is 9.97 Å². The topological polar surface area (TPSA) is 25.8 Å². The molecule has 0 N–H and O–H groups in total. The van der Waals surface area contributed by atoms with Gasteiger partial charge in [-0.15, -0.1) is 0 Å². The first-order valence-corrected chi connectivity index (χ1v) is 17.1. The molecule has 0 aliphatic rings. The zero-order valence-electron chi connectivity index (χ0n) is 27.2. The van der Waals surface area contributed by atoms with Gasteiger partial charge in [0.15, 0.2) is 0 Å². The van der Waals surface area contributed by atoms with E-state index in [-0.39, 0.29) is 0 Å². The van der Waals surface area contributed by atoms with Crippen LogP contribution in [0.1, 0.15) is 0 Å². The summed E-state index contributed by atoms with van der Waals surface area (Å²) >= 11 is 0. The van der Waals surface area contributed by atoms with Crippen LogP contribution >= 0.6 is 0 Å². The lowest BCUT2D eigenvalue weighted by Gasteiger charge is -2.17. The second-order valence-electron chi connectivity index (χ2n) is 12.9. The third-order valence-electron chi connectivity index (χ3n) is 10.1. The average molecular weight is 635 g/mol. The van der Waals surface area contributed by atoms with Gasteiger partial charge in [0.2, 0.25) is 0 Å². The highest BCUT2D eigenvalue weighted by molar-refractivity contribution is 6.34. The van der Waals surface area contributed by atoms with E-state index in [2.05, 4.69) is 152 Å². The molecule has 0 bridgehead atoms. The second kappa shape index (κ2) is 11.5. The number of benzene rings is 8. The molecule has 1 aromatic heterocycles. The molecule has 1 heterocycles. The maximum Gasteiger partial charge on any atom is 0.0972 e. The Balaban J connectivity index is 1.18. The van der Waals surface area contributed by atoms with Gasteiger partial charge in [0.05, 0.1) is 23.3 Å². The fourth-order valence-corrected chi connectivity index (χ4v) is 7.80. The molecule has 2 nitrogen and oxygen atoms in total. The van der Waals surface area contributed by atoms with Crippen molar-refractivity contribution in [3.8, 4) is 44.9 Å². The van der Waals surface area contributed by atoms with Gasteiger partial charge < -0.3 is 0 Å². The first kappa shape index (κ1) is 28.4. The highest BCUT2D eigenvalue weighted by Crippen LogP contribution is 2.44. The molecular weight excluding hydrogens is 605 g/mol. The number of hydrogen-bond acceptors (Lipinski definition) is 2. The van der Waals surface area contributed by atoms with Gasteiger partial charge in [-0.25, -0.2) is 4.98 Å². The van der Waals surface area contributed by atoms with Gasteiger partial charge in [-0.1, -0.05) is 170 Å². The Labute approximate surface area is 290 Å². The zero-order valence-corrected chi connectivity index (χ0v) is 27.2. The van der Waals surface area contributed by atoms with E-state index in [4.69, 9.17) is 9.97 Å². The Hall–Kier alpha value is -6.64. The molecule has 2 heteroatoms. The highest BCUT2D eigenvalue weighted by atomic mass is 14.8. The molecular formula is C48H30N2. The van der Waals surface area contributed by atoms with Crippen molar-refractivity contribution in [2.75, 3.05) is 0 Å². The summed E-state index contributed by atoms with van der Waals surface area (Å²) in [6.07, 6.45) is 1.90. The summed E-state index contributed by atoms with van der Waals surface area (Å²) in [4.78, 5) is 10.2. The smallest absolute Gasteiger partial charge is 0.0972 e. The number of fused-ring (bicyclic) bond motifs is 5. The number of aromatic nitrogens is 2. The summed E-state index contributed by atoms with van der Waals surface area (Å²) in [5.41, 5.74) is 8.14. The monoisotopic (exact) mass is 634 g/mol. The Morgan fingerprint density at radius 3 is 1.44 bits per heavy atom. The van der Waals surface area contributed by atoms with E-state index in [1.54, 1.807) is 0 Å². The summed E-state index contributed by atoms with van der Waals surface area (Å²) in [7, 11) is 0. The van der Waals surface area contributed by atoms with Crippen molar-refractivity contribution in [3.05, 3.63) is 182 Å². The van der Waals surface area contributed by atoms with Crippen LogP contribution in [0.3, 0.4) is 0 Å². The molecule has 0 atom stereocenters. The van der Waals surface area contributed by atoms with E-state index < -0.39 is 0 Å². The third kappa shape index (κ3) is 4.50. The van der Waals surface area contributed by atoms with Crippen LogP contribution in [0.4, 0.5) is 0 Å². The molecule has 0 radical (unpaired) electrons. The molecule has 0 aliphatic carbocycles. The van der Waals surface area contributed by atoms with Crippen LogP contribution in [0.2, 0.25) is 0 Å². The Morgan fingerprint density at radius 1 is 0.320 bits per heavy atom. The molecule has 9 aromatic carbocycles. The van der Waals surface area contributed by atoms with Crippen molar-refractivity contribution in [2.45, 2.75) is 0 Å². The van der Waals surface area contributed by atoms with Gasteiger partial charge >= 0.3 is 0 Å². The van der Waals surface area contributed by atoms with Gasteiger partial charge in [0.25, 0.3) is 0 Å². The van der Waals surface area contributed by atoms with Crippen LogP contribution in [0, 0.1) is 0 Å². The van der Waals surface area contributed by atoms with E-state index in [1.165, 1.54) is 65.0 Å². The molecule has 0 fully saturated rings. The quantitative estimate of drug-likeness (QED) is 0.180. The zero-order chi connectivity index (χ0) is 33.0. The van der Waals surface area contributed by atoms with Crippen LogP contribution in [0.15, 0.2) is 182 Å². The first-order chi connectivity index (χ1) is 24.8. The first-order valence-electron chi connectivity index (χ1n) is 17.1. The Kier molecular flexibility index (Phi) is 6.53. The molecule has 0 unspecified atom stereocenters. The lowest BCUT2D eigenvalue weighted by Crippen LogP contribution is -1.96. The molecule has 10 aromatic rings. The summed E-state index contributed by atoms with van der Waals surface area (Å²) in [5, 5.41) is 12.7. The van der Waals surface area contributed by atoms with E-state index in [0.29, 0.717) is 0 Å². The third-order valence-corrected chi connectivity index (χ3v) is 10.1.